The molecule has 2 aromatic rings. The third-order valence-corrected chi connectivity index (χ3v) is 5.18. The molecule has 6 nitrogen and oxygen atoms in total. The summed E-state index contributed by atoms with van der Waals surface area (Å²) < 4.78 is 5.61. The minimum Gasteiger partial charge on any atom is -0.403 e. The first-order chi connectivity index (χ1) is 11.7. The van der Waals surface area contributed by atoms with Crippen LogP contribution in [0.1, 0.15) is 32.6 Å². The fraction of sp³-hybridized carbons (Fsp3) is 0.500. The first kappa shape index (κ1) is 15.2. The lowest BCUT2D eigenvalue weighted by Crippen LogP contribution is -2.59. The molecule has 126 valence electrons. The lowest BCUT2D eigenvalue weighted by Gasteiger charge is -2.49. The molecular formula is C18H22N4O2. The summed E-state index contributed by atoms with van der Waals surface area (Å²) in [5.41, 5.74) is 1.28. The SMILES string of the molecule is C[C@@H](Nc1nnc(-c2ccccc2)o1)C(=O)N1CC2(CCCC2)C1. The van der Waals surface area contributed by atoms with Gasteiger partial charge in [-0.25, -0.2) is 0 Å². The van der Waals surface area contributed by atoms with Crippen molar-refractivity contribution in [2.24, 2.45) is 5.41 Å². The summed E-state index contributed by atoms with van der Waals surface area (Å²) in [5.74, 6) is 0.554. The summed E-state index contributed by atoms with van der Waals surface area (Å²) in [4.78, 5) is 14.5. The second-order valence-electron chi connectivity index (χ2n) is 7.05. The number of rotatable bonds is 4. The van der Waals surface area contributed by atoms with Gasteiger partial charge < -0.3 is 14.6 Å². The molecule has 1 aliphatic heterocycles. The van der Waals surface area contributed by atoms with Crippen LogP contribution in [0.5, 0.6) is 0 Å². The van der Waals surface area contributed by atoms with E-state index in [1.807, 2.05) is 42.2 Å². The summed E-state index contributed by atoms with van der Waals surface area (Å²) >= 11 is 0. The van der Waals surface area contributed by atoms with Crippen LogP contribution in [0, 0.1) is 5.41 Å². The molecule has 1 saturated heterocycles. The first-order valence-corrected chi connectivity index (χ1v) is 8.60. The number of benzene rings is 1. The molecule has 1 aliphatic carbocycles. The predicted molar refractivity (Wildman–Crippen MR) is 90.3 cm³/mol. The van der Waals surface area contributed by atoms with Crippen molar-refractivity contribution in [3.63, 3.8) is 0 Å². The van der Waals surface area contributed by atoms with E-state index < -0.39 is 0 Å². The van der Waals surface area contributed by atoms with Crippen molar-refractivity contribution in [2.75, 3.05) is 18.4 Å². The highest BCUT2D eigenvalue weighted by atomic mass is 16.4. The summed E-state index contributed by atoms with van der Waals surface area (Å²) in [5, 5.41) is 11.1. The summed E-state index contributed by atoms with van der Waals surface area (Å²) in [6.45, 7) is 3.64. The number of nitrogens with one attached hydrogen (secondary N) is 1. The smallest absolute Gasteiger partial charge is 0.316 e. The number of aromatic nitrogens is 2. The molecule has 1 spiro atoms. The molecule has 0 radical (unpaired) electrons. The molecule has 6 heteroatoms. The van der Waals surface area contributed by atoms with Gasteiger partial charge in [-0.05, 0) is 31.9 Å². The van der Waals surface area contributed by atoms with Gasteiger partial charge in [0.1, 0.15) is 6.04 Å². The number of nitrogens with zero attached hydrogens (tertiary/aromatic N) is 3. The van der Waals surface area contributed by atoms with Crippen LogP contribution in [0.4, 0.5) is 6.01 Å². The van der Waals surface area contributed by atoms with Crippen molar-refractivity contribution in [2.45, 2.75) is 38.6 Å². The number of carbonyl (C=O) groups excluding carboxylic acids is 1. The van der Waals surface area contributed by atoms with E-state index in [9.17, 15) is 4.79 Å². The Morgan fingerprint density at radius 3 is 2.62 bits per heavy atom. The molecule has 1 aromatic carbocycles. The molecule has 1 amide bonds. The molecule has 1 saturated carbocycles. The van der Waals surface area contributed by atoms with E-state index in [-0.39, 0.29) is 18.0 Å². The van der Waals surface area contributed by atoms with Gasteiger partial charge in [-0.15, -0.1) is 5.10 Å². The second kappa shape index (κ2) is 5.92. The Balaban J connectivity index is 1.35. The topological polar surface area (TPSA) is 71.3 Å². The lowest BCUT2D eigenvalue weighted by atomic mass is 9.78. The largest absolute Gasteiger partial charge is 0.403 e. The highest BCUT2D eigenvalue weighted by Gasteiger charge is 2.47. The molecule has 1 N–H and O–H groups in total. The minimum atomic E-state index is -0.368. The van der Waals surface area contributed by atoms with E-state index in [1.54, 1.807) is 0 Å². The van der Waals surface area contributed by atoms with E-state index in [0.29, 0.717) is 11.3 Å². The molecule has 0 bridgehead atoms. The molecule has 1 atom stereocenters. The van der Waals surface area contributed by atoms with E-state index in [4.69, 9.17) is 4.42 Å². The maximum atomic E-state index is 12.5. The van der Waals surface area contributed by atoms with E-state index >= 15 is 0 Å². The normalized spacial score (nSPS) is 20.0. The summed E-state index contributed by atoms with van der Waals surface area (Å²) in [7, 11) is 0. The second-order valence-corrected chi connectivity index (χ2v) is 7.05. The number of carbonyl (C=O) groups is 1. The van der Waals surface area contributed by atoms with Crippen molar-refractivity contribution in [3.8, 4) is 11.5 Å². The van der Waals surface area contributed by atoms with Gasteiger partial charge in [0.05, 0.1) is 0 Å². The lowest BCUT2D eigenvalue weighted by molar-refractivity contribution is -0.143. The van der Waals surface area contributed by atoms with Crippen LogP contribution in [0.25, 0.3) is 11.5 Å². The average Bonchev–Trinajstić information content (AvgIpc) is 3.23. The number of hydrogen-bond donors (Lipinski definition) is 1. The Hall–Kier alpha value is -2.37. The van der Waals surface area contributed by atoms with Gasteiger partial charge >= 0.3 is 6.01 Å². The fourth-order valence-electron chi connectivity index (χ4n) is 3.86. The molecule has 0 unspecified atom stereocenters. The van der Waals surface area contributed by atoms with Gasteiger partial charge in [0.25, 0.3) is 0 Å². The first-order valence-electron chi connectivity index (χ1n) is 8.60. The highest BCUT2D eigenvalue weighted by Crippen LogP contribution is 2.45. The summed E-state index contributed by atoms with van der Waals surface area (Å²) in [6, 6.07) is 9.51. The number of anilines is 1. The number of amides is 1. The zero-order valence-corrected chi connectivity index (χ0v) is 13.9. The van der Waals surface area contributed by atoms with Gasteiger partial charge in [-0.2, -0.15) is 0 Å². The average molecular weight is 326 g/mol. The summed E-state index contributed by atoms with van der Waals surface area (Å²) in [6.07, 6.45) is 5.14. The van der Waals surface area contributed by atoms with Crippen molar-refractivity contribution in [1.29, 1.82) is 0 Å². The van der Waals surface area contributed by atoms with Crippen molar-refractivity contribution < 1.29 is 9.21 Å². The van der Waals surface area contributed by atoms with Crippen LogP contribution < -0.4 is 5.32 Å². The van der Waals surface area contributed by atoms with Gasteiger partial charge in [0.15, 0.2) is 0 Å². The van der Waals surface area contributed by atoms with Crippen molar-refractivity contribution >= 4 is 11.9 Å². The maximum absolute atomic E-state index is 12.5. The van der Waals surface area contributed by atoms with Crippen LogP contribution in [-0.2, 0) is 4.79 Å². The van der Waals surface area contributed by atoms with Crippen molar-refractivity contribution in [1.82, 2.24) is 15.1 Å². The minimum absolute atomic E-state index is 0.104. The quantitative estimate of drug-likeness (QED) is 0.935. The van der Waals surface area contributed by atoms with Crippen LogP contribution in [-0.4, -0.2) is 40.1 Å². The van der Waals surface area contributed by atoms with Crippen LogP contribution in [0.2, 0.25) is 0 Å². The maximum Gasteiger partial charge on any atom is 0.316 e. The third kappa shape index (κ3) is 2.77. The van der Waals surface area contributed by atoms with Crippen LogP contribution >= 0.6 is 0 Å². The Labute approximate surface area is 141 Å². The molecule has 2 heterocycles. The monoisotopic (exact) mass is 326 g/mol. The number of hydrogen-bond acceptors (Lipinski definition) is 5. The standard InChI is InChI=1S/C18H22N4O2/c1-13(16(23)22-11-18(12-22)9-5-6-10-18)19-17-21-20-15(24-17)14-7-3-2-4-8-14/h2-4,7-8,13H,5-6,9-12H2,1H3,(H,19,21)/t13-/m1/s1. The molecule has 4 rings (SSSR count). The molecule has 1 aromatic heterocycles. The number of likely N-dealkylation sites (tertiary alicyclic amines) is 1. The molecular weight excluding hydrogens is 304 g/mol. The fourth-order valence-corrected chi connectivity index (χ4v) is 3.86. The molecule has 2 aliphatic rings. The van der Waals surface area contributed by atoms with Gasteiger partial charge in [0.2, 0.25) is 11.8 Å². The zero-order valence-electron chi connectivity index (χ0n) is 13.9. The Morgan fingerprint density at radius 1 is 1.21 bits per heavy atom. The molecule has 2 fully saturated rings. The highest BCUT2D eigenvalue weighted by molar-refractivity contribution is 5.84. The Morgan fingerprint density at radius 2 is 1.92 bits per heavy atom. The van der Waals surface area contributed by atoms with Crippen LogP contribution in [0.15, 0.2) is 34.7 Å². The van der Waals surface area contributed by atoms with Gasteiger partial charge in [0, 0.05) is 24.1 Å². The van der Waals surface area contributed by atoms with E-state index in [0.717, 1.165) is 18.7 Å². The Kier molecular flexibility index (Phi) is 3.75. The van der Waals surface area contributed by atoms with Crippen molar-refractivity contribution in [3.05, 3.63) is 30.3 Å². The van der Waals surface area contributed by atoms with Crippen LogP contribution in [0.3, 0.4) is 0 Å². The molecule has 24 heavy (non-hydrogen) atoms. The van der Waals surface area contributed by atoms with E-state index in [2.05, 4.69) is 15.5 Å². The predicted octanol–water partition coefficient (Wildman–Crippen LogP) is 2.94. The van der Waals surface area contributed by atoms with Gasteiger partial charge in [-0.3, -0.25) is 4.79 Å². The van der Waals surface area contributed by atoms with E-state index in [1.165, 1.54) is 25.7 Å². The van der Waals surface area contributed by atoms with Gasteiger partial charge in [-0.1, -0.05) is 36.1 Å². The zero-order chi connectivity index (χ0) is 16.6. The Bertz CT molecular complexity index is 714. The third-order valence-electron chi connectivity index (χ3n) is 5.18.